The lowest BCUT2D eigenvalue weighted by molar-refractivity contribution is -0.384. The number of β-lactam (4-membered cyclic amide) rings is 1. The number of nitrogens with zero attached hydrogens (tertiary/aromatic N) is 2. The predicted octanol–water partition coefficient (Wildman–Crippen LogP) is 0.512. The van der Waals surface area contributed by atoms with Gasteiger partial charge in [0.25, 0.3) is 5.69 Å². The number of hydrogen-bond donors (Lipinski definition) is 0. The number of carbonyl (C=O) groups excluding carboxylic acids is 3. The minimum Gasteiger partial charge on any atom is -0.459 e. The zero-order valence-corrected chi connectivity index (χ0v) is 12.1. The van der Waals surface area contributed by atoms with E-state index in [2.05, 4.69) is 0 Å². The molecular weight excluding hydrogens is 308 g/mol. The molecule has 1 amide bonds. The minimum absolute atomic E-state index is 0.0664. The van der Waals surface area contributed by atoms with Crippen molar-refractivity contribution in [3.05, 3.63) is 39.9 Å². The van der Waals surface area contributed by atoms with Gasteiger partial charge in [0.2, 0.25) is 11.4 Å². The SMILES string of the molecule is CC1(C(=O)OCc2ccc([N+](=O)[O-])cc2)C(=O)O[C@@H]2CC(=O)N21. The molecule has 1 aromatic carbocycles. The first-order chi connectivity index (χ1) is 10.8. The summed E-state index contributed by atoms with van der Waals surface area (Å²) in [7, 11) is 0. The van der Waals surface area contributed by atoms with Gasteiger partial charge in [0.15, 0.2) is 6.23 Å². The lowest BCUT2D eigenvalue weighted by Crippen LogP contribution is -2.62. The highest BCUT2D eigenvalue weighted by atomic mass is 16.6. The summed E-state index contributed by atoms with van der Waals surface area (Å²) in [6.45, 7) is 1.11. The van der Waals surface area contributed by atoms with Crippen LogP contribution in [0.25, 0.3) is 0 Å². The number of ether oxygens (including phenoxy) is 2. The summed E-state index contributed by atoms with van der Waals surface area (Å²) in [4.78, 5) is 46.8. The molecule has 0 N–H and O–H groups in total. The zero-order valence-electron chi connectivity index (χ0n) is 12.1. The maximum atomic E-state index is 12.2. The van der Waals surface area contributed by atoms with E-state index in [0.29, 0.717) is 5.56 Å². The normalized spacial score (nSPS) is 25.4. The molecule has 23 heavy (non-hydrogen) atoms. The molecule has 0 aromatic heterocycles. The van der Waals surface area contributed by atoms with Gasteiger partial charge in [-0.25, -0.2) is 9.59 Å². The third-order valence-corrected chi connectivity index (χ3v) is 3.94. The van der Waals surface area contributed by atoms with E-state index in [1.165, 1.54) is 31.2 Å². The molecule has 9 nitrogen and oxygen atoms in total. The third-order valence-electron chi connectivity index (χ3n) is 3.94. The largest absolute Gasteiger partial charge is 0.459 e. The van der Waals surface area contributed by atoms with E-state index in [-0.39, 0.29) is 24.6 Å². The predicted molar refractivity (Wildman–Crippen MR) is 72.6 cm³/mol. The van der Waals surface area contributed by atoms with E-state index >= 15 is 0 Å². The fraction of sp³-hybridized carbons (Fsp3) is 0.357. The van der Waals surface area contributed by atoms with Gasteiger partial charge in [0, 0.05) is 12.1 Å². The summed E-state index contributed by atoms with van der Waals surface area (Å²) in [6.07, 6.45) is -0.635. The van der Waals surface area contributed by atoms with Crippen molar-refractivity contribution >= 4 is 23.5 Å². The monoisotopic (exact) mass is 320 g/mol. The standard InChI is InChI=1S/C14H12N2O7/c1-14(13(19)23-11-6-10(17)15(11)14)12(18)22-7-8-2-4-9(5-3-8)16(20)21/h2-5,11H,6-7H2,1H3/t11-,14?/m1/s1. The summed E-state index contributed by atoms with van der Waals surface area (Å²) in [5.74, 6) is -2.06. The Morgan fingerprint density at radius 3 is 2.65 bits per heavy atom. The Labute approximate surface area is 129 Å². The lowest BCUT2D eigenvalue weighted by Gasteiger charge is -2.38. The molecule has 0 saturated carbocycles. The molecule has 2 atom stereocenters. The van der Waals surface area contributed by atoms with Gasteiger partial charge >= 0.3 is 11.9 Å². The maximum absolute atomic E-state index is 12.2. The molecule has 2 fully saturated rings. The zero-order chi connectivity index (χ0) is 16.8. The van der Waals surface area contributed by atoms with E-state index in [0.717, 1.165) is 4.90 Å². The van der Waals surface area contributed by atoms with E-state index < -0.39 is 28.6 Å². The average molecular weight is 320 g/mol. The van der Waals surface area contributed by atoms with Crippen LogP contribution in [0, 0.1) is 10.1 Å². The van der Waals surface area contributed by atoms with Crippen LogP contribution in [-0.4, -0.2) is 39.4 Å². The molecule has 1 aromatic rings. The number of nitro benzene ring substituents is 1. The van der Waals surface area contributed by atoms with Crippen LogP contribution in [0.5, 0.6) is 0 Å². The van der Waals surface area contributed by atoms with Crippen molar-refractivity contribution in [3.63, 3.8) is 0 Å². The first-order valence-corrected chi connectivity index (χ1v) is 6.78. The summed E-state index contributed by atoms with van der Waals surface area (Å²) in [5, 5.41) is 10.6. The van der Waals surface area contributed by atoms with Gasteiger partial charge in [-0.2, -0.15) is 0 Å². The van der Waals surface area contributed by atoms with Gasteiger partial charge in [-0.05, 0) is 24.6 Å². The van der Waals surface area contributed by atoms with Crippen LogP contribution < -0.4 is 0 Å². The Bertz CT molecular complexity index is 714. The van der Waals surface area contributed by atoms with E-state index in [9.17, 15) is 24.5 Å². The van der Waals surface area contributed by atoms with Crippen molar-refractivity contribution in [1.29, 1.82) is 0 Å². The average Bonchev–Trinajstić information content (AvgIpc) is 2.72. The second-order valence-electron chi connectivity index (χ2n) is 5.40. The molecule has 2 aliphatic rings. The van der Waals surface area contributed by atoms with Gasteiger partial charge in [-0.15, -0.1) is 0 Å². The van der Waals surface area contributed by atoms with Crippen molar-refractivity contribution in [3.8, 4) is 0 Å². The highest BCUT2D eigenvalue weighted by Gasteiger charge is 2.65. The smallest absolute Gasteiger partial charge is 0.345 e. The summed E-state index contributed by atoms with van der Waals surface area (Å²) in [5.41, 5.74) is -1.34. The van der Waals surface area contributed by atoms with Crippen LogP contribution in [0.3, 0.4) is 0 Å². The topological polar surface area (TPSA) is 116 Å². The van der Waals surface area contributed by atoms with Crippen molar-refractivity contribution in [2.75, 3.05) is 0 Å². The van der Waals surface area contributed by atoms with Crippen molar-refractivity contribution in [2.45, 2.75) is 31.7 Å². The van der Waals surface area contributed by atoms with E-state index in [1.807, 2.05) is 0 Å². The number of rotatable bonds is 4. The molecule has 0 radical (unpaired) electrons. The summed E-state index contributed by atoms with van der Waals surface area (Å²) < 4.78 is 10.0. The quantitative estimate of drug-likeness (QED) is 0.261. The third kappa shape index (κ3) is 2.20. The number of non-ortho nitro benzene ring substituents is 1. The van der Waals surface area contributed by atoms with Crippen LogP contribution in [0.15, 0.2) is 24.3 Å². The highest BCUT2D eigenvalue weighted by molar-refractivity contribution is 6.10. The Balaban J connectivity index is 1.68. The van der Waals surface area contributed by atoms with Crippen molar-refractivity contribution < 1.29 is 28.8 Å². The van der Waals surface area contributed by atoms with Crippen molar-refractivity contribution in [2.24, 2.45) is 0 Å². The van der Waals surface area contributed by atoms with Crippen LogP contribution >= 0.6 is 0 Å². The Morgan fingerprint density at radius 2 is 2.09 bits per heavy atom. The van der Waals surface area contributed by atoms with Gasteiger partial charge in [-0.3, -0.25) is 19.8 Å². The molecule has 3 rings (SSSR count). The fourth-order valence-corrected chi connectivity index (χ4v) is 2.54. The first kappa shape index (κ1) is 14.9. The highest BCUT2D eigenvalue weighted by Crippen LogP contribution is 2.38. The van der Waals surface area contributed by atoms with Gasteiger partial charge in [0.1, 0.15) is 6.61 Å². The van der Waals surface area contributed by atoms with Crippen molar-refractivity contribution in [1.82, 2.24) is 4.90 Å². The van der Waals surface area contributed by atoms with Crippen LogP contribution in [0.4, 0.5) is 5.69 Å². The molecule has 2 aliphatic heterocycles. The molecular formula is C14H12N2O7. The van der Waals surface area contributed by atoms with Gasteiger partial charge in [-0.1, -0.05) is 0 Å². The molecule has 120 valence electrons. The molecule has 0 aliphatic carbocycles. The molecule has 9 heteroatoms. The molecule has 1 unspecified atom stereocenters. The second kappa shape index (κ2) is 5.04. The van der Waals surface area contributed by atoms with Crippen LogP contribution in [-0.2, 0) is 30.5 Å². The van der Waals surface area contributed by atoms with Gasteiger partial charge < -0.3 is 9.47 Å². The van der Waals surface area contributed by atoms with E-state index in [1.54, 1.807) is 0 Å². The number of fused-ring (bicyclic) bond motifs is 1. The van der Waals surface area contributed by atoms with E-state index in [4.69, 9.17) is 9.47 Å². The first-order valence-electron chi connectivity index (χ1n) is 6.78. The number of esters is 2. The molecule has 2 heterocycles. The molecule has 0 spiro atoms. The Hall–Kier alpha value is -2.97. The summed E-state index contributed by atoms with van der Waals surface area (Å²) >= 11 is 0. The number of benzene rings is 1. The number of hydrogen-bond acceptors (Lipinski definition) is 7. The Morgan fingerprint density at radius 1 is 1.43 bits per heavy atom. The van der Waals surface area contributed by atoms with Gasteiger partial charge in [0.05, 0.1) is 11.3 Å². The number of amides is 1. The second-order valence-corrected chi connectivity index (χ2v) is 5.40. The maximum Gasteiger partial charge on any atom is 0.345 e. The number of carbonyl (C=O) groups is 3. The van der Waals surface area contributed by atoms with Crippen LogP contribution in [0.1, 0.15) is 18.9 Å². The molecule has 2 saturated heterocycles. The summed E-state index contributed by atoms with van der Waals surface area (Å²) in [6, 6.07) is 5.45. The lowest BCUT2D eigenvalue weighted by atomic mass is 9.97. The Kier molecular flexibility index (Phi) is 3.28. The minimum atomic E-state index is -1.78. The fourth-order valence-electron chi connectivity index (χ4n) is 2.54. The van der Waals surface area contributed by atoms with Crippen LogP contribution in [0.2, 0.25) is 0 Å². The molecule has 0 bridgehead atoms. The number of nitro groups is 1.